The lowest BCUT2D eigenvalue weighted by atomic mass is 10.2. The van der Waals surface area contributed by atoms with Crippen LogP contribution in [0.5, 0.6) is 0 Å². The average Bonchev–Trinajstić information content (AvgIpc) is 2.96. The first-order valence-corrected chi connectivity index (χ1v) is 8.85. The van der Waals surface area contributed by atoms with Crippen molar-refractivity contribution in [3.05, 3.63) is 16.1 Å². The van der Waals surface area contributed by atoms with Crippen molar-refractivity contribution in [2.24, 2.45) is 0 Å². The maximum Gasteiger partial charge on any atom is 0.315 e. The van der Waals surface area contributed by atoms with Gasteiger partial charge in [-0.2, -0.15) is 0 Å². The van der Waals surface area contributed by atoms with E-state index in [4.69, 9.17) is 0 Å². The second-order valence-electron chi connectivity index (χ2n) is 5.74. The third-order valence-electron chi connectivity index (χ3n) is 4.13. The number of nitrogens with zero attached hydrogens (tertiary/aromatic N) is 3. The van der Waals surface area contributed by atoms with Crippen molar-refractivity contribution in [1.29, 1.82) is 0 Å². The van der Waals surface area contributed by atoms with Crippen LogP contribution >= 0.6 is 11.3 Å². The van der Waals surface area contributed by atoms with Crippen LogP contribution in [-0.4, -0.2) is 66.1 Å². The van der Waals surface area contributed by atoms with Crippen molar-refractivity contribution in [2.75, 3.05) is 39.3 Å². The molecule has 1 aliphatic heterocycles. The minimum atomic E-state index is -0.121. The van der Waals surface area contributed by atoms with Crippen LogP contribution in [0.2, 0.25) is 0 Å². The number of thiazole rings is 1. The predicted molar refractivity (Wildman–Crippen MR) is 90.2 cm³/mol. The molecule has 2 amide bonds. The van der Waals surface area contributed by atoms with Crippen molar-refractivity contribution >= 4 is 17.4 Å². The van der Waals surface area contributed by atoms with E-state index in [1.54, 1.807) is 11.3 Å². The summed E-state index contributed by atoms with van der Waals surface area (Å²) >= 11 is 1.60. The van der Waals surface area contributed by atoms with E-state index in [1.807, 2.05) is 12.3 Å². The van der Waals surface area contributed by atoms with E-state index in [1.165, 1.54) is 0 Å². The van der Waals surface area contributed by atoms with Gasteiger partial charge in [0.1, 0.15) is 0 Å². The number of hydrogen-bond acceptors (Lipinski definition) is 5. The number of piperazine rings is 1. The Hall–Kier alpha value is -1.18. The molecule has 1 fully saturated rings. The monoisotopic (exact) mass is 325 g/mol. The van der Waals surface area contributed by atoms with Crippen LogP contribution in [-0.2, 0) is 6.54 Å². The highest BCUT2D eigenvalue weighted by Gasteiger charge is 2.20. The van der Waals surface area contributed by atoms with E-state index >= 15 is 0 Å². The number of urea groups is 1. The van der Waals surface area contributed by atoms with Crippen molar-refractivity contribution in [1.82, 2.24) is 25.4 Å². The summed E-state index contributed by atoms with van der Waals surface area (Å²) in [6, 6.07) is 0.246. The number of nitrogens with one attached hydrogen (secondary N) is 2. The minimum Gasteiger partial charge on any atom is -0.337 e. The molecule has 1 atom stereocenters. The molecule has 1 aliphatic rings. The summed E-state index contributed by atoms with van der Waals surface area (Å²) < 4.78 is 0. The fourth-order valence-corrected chi connectivity index (χ4v) is 3.23. The highest BCUT2D eigenvalue weighted by atomic mass is 32.1. The maximum atomic E-state index is 11.8. The Morgan fingerprint density at radius 3 is 2.68 bits per heavy atom. The fourth-order valence-electron chi connectivity index (χ4n) is 2.61. The molecule has 0 unspecified atom stereocenters. The zero-order valence-corrected chi connectivity index (χ0v) is 14.6. The van der Waals surface area contributed by atoms with Crippen LogP contribution in [0.25, 0.3) is 0 Å². The number of aromatic nitrogens is 1. The molecule has 0 aromatic carbocycles. The number of likely N-dealkylation sites (N-methyl/N-ethyl adjacent to an activating group) is 1. The molecule has 0 bridgehead atoms. The molecule has 0 aliphatic carbocycles. The quantitative estimate of drug-likeness (QED) is 0.827. The average molecular weight is 325 g/mol. The zero-order valence-electron chi connectivity index (χ0n) is 13.8. The van der Waals surface area contributed by atoms with Gasteiger partial charge in [0.15, 0.2) is 0 Å². The fraction of sp³-hybridized carbons (Fsp3) is 0.733. The molecule has 2 N–H and O–H groups in total. The molecular formula is C15H27N5OS. The van der Waals surface area contributed by atoms with Gasteiger partial charge < -0.3 is 15.5 Å². The summed E-state index contributed by atoms with van der Waals surface area (Å²) in [7, 11) is 0. The number of carbonyl (C=O) groups excluding carboxylic acids is 1. The van der Waals surface area contributed by atoms with Crippen LogP contribution in [0.1, 0.15) is 24.5 Å². The Morgan fingerprint density at radius 2 is 2.09 bits per heavy atom. The number of amides is 2. The van der Waals surface area contributed by atoms with Crippen molar-refractivity contribution < 1.29 is 4.79 Å². The lowest BCUT2D eigenvalue weighted by Crippen LogP contribution is -2.52. The lowest BCUT2D eigenvalue weighted by molar-refractivity contribution is 0.106. The highest BCUT2D eigenvalue weighted by molar-refractivity contribution is 7.09. The first-order valence-electron chi connectivity index (χ1n) is 7.97. The summed E-state index contributed by atoms with van der Waals surface area (Å²) in [5.74, 6) is 0. The van der Waals surface area contributed by atoms with E-state index in [-0.39, 0.29) is 6.03 Å². The van der Waals surface area contributed by atoms with Gasteiger partial charge in [0.25, 0.3) is 0 Å². The lowest BCUT2D eigenvalue weighted by Gasteiger charge is -2.37. The van der Waals surface area contributed by atoms with Crippen LogP contribution in [0, 0.1) is 6.92 Å². The molecule has 1 aromatic heterocycles. The van der Waals surface area contributed by atoms with Crippen molar-refractivity contribution in [2.45, 2.75) is 33.4 Å². The molecule has 124 valence electrons. The smallest absolute Gasteiger partial charge is 0.315 e. The molecule has 0 spiro atoms. The predicted octanol–water partition coefficient (Wildman–Crippen LogP) is 1.28. The van der Waals surface area contributed by atoms with Crippen LogP contribution < -0.4 is 10.6 Å². The topological polar surface area (TPSA) is 60.5 Å². The van der Waals surface area contributed by atoms with Crippen molar-refractivity contribution in [3.8, 4) is 0 Å². The van der Waals surface area contributed by atoms with E-state index in [0.717, 1.165) is 43.4 Å². The largest absolute Gasteiger partial charge is 0.337 e. The Kier molecular flexibility index (Phi) is 6.60. The summed E-state index contributed by atoms with van der Waals surface area (Å²) in [5, 5.41) is 8.81. The molecule has 22 heavy (non-hydrogen) atoms. The van der Waals surface area contributed by atoms with Crippen LogP contribution in [0.15, 0.2) is 5.38 Å². The van der Waals surface area contributed by atoms with Gasteiger partial charge in [-0.15, -0.1) is 11.3 Å². The molecule has 1 saturated heterocycles. The standard InChI is InChI=1S/C15H27N5OS/c1-4-19-5-7-20(8-6-19)12(2)9-16-15(21)17-10-14-11-22-13(3)18-14/h11-12H,4-10H2,1-3H3,(H2,16,17,21)/t12-/m1/s1. The SMILES string of the molecule is CCN1CCN([C@H](C)CNC(=O)NCc2csc(C)n2)CC1. The first-order chi connectivity index (χ1) is 10.6. The number of hydrogen-bond donors (Lipinski definition) is 2. The van der Waals surface area contributed by atoms with Gasteiger partial charge in [-0.1, -0.05) is 6.92 Å². The Bertz CT molecular complexity index is 470. The van der Waals surface area contributed by atoms with Crippen molar-refractivity contribution in [3.63, 3.8) is 0 Å². The molecular weight excluding hydrogens is 298 g/mol. The summed E-state index contributed by atoms with van der Waals surface area (Å²) in [6.45, 7) is 13.0. The molecule has 0 saturated carbocycles. The third kappa shape index (κ3) is 5.23. The first kappa shape index (κ1) is 17.2. The van der Waals surface area contributed by atoms with E-state index in [2.05, 4.69) is 39.3 Å². The Labute approximate surface area is 136 Å². The van der Waals surface area contributed by atoms with Gasteiger partial charge in [-0.05, 0) is 20.4 Å². The zero-order chi connectivity index (χ0) is 15.9. The molecule has 2 heterocycles. The summed E-state index contributed by atoms with van der Waals surface area (Å²) in [4.78, 5) is 21.1. The van der Waals surface area contributed by atoms with Gasteiger partial charge in [0, 0.05) is 44.1 Å². The highest BCUT2D eigenvalue weighted by Crippen LogP contribution is 2.07. The second kappa shape index (κ2) is 8.45. The summed E-state index contributed by atoms with van der Waals surface area (Å²) in [5.41, 5.74) is 0.918. The van der Waals surface area contributed by atoms with E-state index in [9.17, 15) is 4.79 Å². The van der Waals surface area contributed by atoms with E-state index < -0.39 is 0 Å². The normalized spacial score (nSPS) is 18.1. The van der Waals surface area contributed by atoms with Gasteiger partial charge in [0.05, 0.1) is 17.2 Å². The van der Waals surface area contributed by atoms with Gasteiger partial charge in [-0.25, -0.2) is 9.78 Å². The number of rotatable bonds is 6. The third-order valence-corrected chi connectivity index (χ3v) is 4.95. The number of aryl methyl sites for hydroxylation is 1. The Morgan fingerprint density at radius 1 is 1.36 bits per heavy atom. The molecule has 1 aromatic rings. The second-order valence-corrected chi connectivity index (χ2v) is 6.80. The van der Waals surface area contributed by atoms with Gasteiger partial charge in [-0.3, -0.25) is 4.90 Å². The van der Waals surface area contributed by atoms with Gasteiger partial charge >= 0.3 is 6.03 Å². The number of carbonyl (C=O) groups is 1. The molecule has 2 rings (SSSR count). The summed E-state index contributed by atoms with van der Waals surface area (Å²) in [6.07, 6.45) is 0. The van der Waals surface area contributed by atoms with Crippen LogP contribution in [0.3, 0.4) is 0 Å². The van der Waals surface area contributed by atoms with Crippen LogP contribution in [0.4, 0.5) is 4.79 Å². The molecule has 7 heteroatoms. The minimum absolute atomic E-state index is 0.121. The molecule has 0 radical (unpaired) electrons. The van der Waals surface area contributed by atoms with E-state index in [0.29, 0.717) is 19.1 Å². The molecule has 6 nitrogen and oxygen atoms in total. The Balaban J connectivity index is 1.63. The maximum absolute atomic E-state index is 11.8. The van der Waals surface area contributed by atoms with Gasteiger partial charge in [0.2, 0.25) is 0 Å².